The molecule has 1 saturated heterocycles. The van der Waals surface area contributed by atoms with Gasteiger partial charge in [0.15, 0.2) is 0 Å². The zero-order valence-electron chi connectivity index (χ0n) is 22.1. The maximum Gasteiger partial charge on any atom is 0.238 e. The SMILES string of the molecule is Cc1cc(OCCCNCCC(N)=O)ccc1Cc1c(OC2OC(CO)C(O)C(O)[C@H]2O)n[nH]c1C(C)C. The van der Waals surface area contributed by atoms with Gasteiger partial charge in [0.2, 0.25) is 18.1 Å². The molecule has 1 fully saturated rings. The number of amides is 1. The third kappa shape index (κ3) is 7.65. The number of nitrogens with one attached hydrogen (secondary N) is 2. The van der Waals surface area contributed by atoms with Crippen molar-refractivity contribution in [2.45, 2.75) is 76.7 Å². The quantitative estimate of drug-likeness (QED) is 0.160. The van der Waals surface area contributed by atoms with Crippen molar-refractivity contribution in [2.75, 3.05) is 26.3 Å². The maximum atomic E-state index is 10.8. The van der Waals surface area contributed by atoms with Crippen molar-refractivity contribution in [2.24, 2.45) is 5.73 Å². The van der Waals surface area contributed by atoms with E-state index in [1.165, 1.54) is 0 Å². The molecule has 0 radical (unpaired) electrons. The Hall–Kier alpha value is -2.74. The van der Waals surface area contributed by atoms with Crippen LogP contribution in [0, 0.1) is 6.92 Å². The minimum Gasteiger partial charge on any atom is -0.494 e. The van der Waals surface area contributed by atoms with Crippen molar-refractivity contribution in [3.63, 3.8) is 0 Å². The number of aryl methyl sites for hydroxylation is 1. The second-order valence-corrected chi connectivity index (χ2v) is 9.82. The number of carbonyl (C=O) groups is 1. The standard InChI is InChI=1S/C26H40N4O8/c1-14(2)21-18(25(30-29-21)38-26-24(35)23(34)22(33)19(13-31)37-26)12-16-5-6-17(11-15(16)3)36-10-4-8-28-9-7-20(27)32/h5-6,11,14,19,22-24,26,28,31,33-35H,4,7-10,12-13H2,1-3H3,(H2,27,32)(H,29,30)/t19?,22?,23?,24-,26?/m1/s1. The van der Waals surface area contributed by atoms with E-state index in [0.717, 1.165) is 41.1 Å². The number of hydrogen-bond donors (Lipinski definition) is 7. The average Bonchev–Trinajstić information content (AvgIpc) is 3.27. The molecule has 12 heteroatoms. The Morgan fingerprint density at radius 2 is 1.97 bits per heavy atom. The van der Waals surface area contributed by atoms with Crippen LogP contribution < -0.4 is 20.5 Å². The van der Waals surface area contributed by atoms with Crippen molar-refractivity contribution >= 4 is 5.91 Å². The Balaban J connectivity index is 1.66. The van der Waals surface area contributed by atoms with Crippen molar-refractivity contribution < 1.29 is 39.4 Å². The number of nitrogens with zero attached hydrogens (tertiary/aromatic N) is 1. The van der Waals surface area contributed by atoms with Crippen LogP contribution in [0.15, 0.2) is 18.2 Å². The van der Waals surface area contributed by atoms with Crippen LogP contribution in [0.25, 0.3) is 0 Å². The predicted octanol–water partition coefficient (Wildman–Crippen LogP) is -0.155. The van der Waals surface area contributed by atoms with Crippen LogP contribution in [-0.4, -0.2) is 93.5 Å². The molecule has 8 N–H and O–H groups in total. The number of benzene rings is 1. The summed E-state index contributed by atoms with van der Waals surface area (Å²) in [4.78, 5) is 10.8. The van der Waals surface area contributed by atoms with Crippen molar-refractivity contribution in [1.82, 2.24) is 15.5 Å². The van der Waals surface area contributed by atoms with Gasteiger partial charge in [-0.1, -0.05) is 19.9 Å². The number of ether oxygens (including phenoxy) is 3. The van der Waals surface area contributed by atoms with Gasteiger partial charge in [-0.05, 0) is 49.1 Å². The molecular formula is C26H40N4O8. The fourth-order valence-electron chi connectivity index (χ4n) is 4.25. The minimum absolute atomic E-state index is 0.101. The van der Waals surface area contributed by atoms with E-state index in [9.17, 15) is 25.2 Å². The summed E-state index contributed by atoms with van der Waals surface area (Å²) in [5.74, 6) is 0.732. The second kappa shape index (κ2) is 13.9. The first-order chi connectivity index (χ1) is 18.1. The molecule has 3 rings (SSSR count). The van der Waals surface area contributed by atoms with Gasteiger partial charge < -0.3 is 45.7 Å². The first-order valence-corrected chi connectivity index (χ1v) is 12.9. The van der Waals surface area contributed by atoms with Crippen molar-refractivity contribution in [3.05, 3.63) is 40.6 Å². The van der Waals surface area contributed by atoms with Crippen LogP contribution in [0.3, 0.4) is 0 Å². The number of aromatic amines is 1. The van der Waals surface area contributed by atoms with E-state index < -0.39 is 37.3 Å². The smallest absolute Gasteiger partial charge is 0.238 e. The largest absolute Gasteiger partial charge is 0.494 e. The Morgan fingerprint density at radius 1 is 1.21 bits per heavy atom. The van der Waals surface area contributed by atoms with Gasteiger partial charge in [-0.15, -0.1) is 5.10 Å². The number of primary amides is 1. The number of nitrogens with two attached hydrogens (primary N) is 1. The molecule has 4 unspecified atom stereocenters. The van der Waals surface area contributed by atoms with E-state index in [1.807, 2.05) is 39.0 Å². The van der Waals surface area contributed by atoms with Crippen LogP contribution >= 0.6 is 0 Å². The van der Waals surface area contributed by atoms with Crippen LogP contribution in [0.1, 0.15) is 55.0 Å². The molecule has 2 heterocycles. The minimum atomic E-state index is -1.54. The van der Waals surface area contributed by atoms with Gasteiger partial charge in [0.25, 0.3) is 0 Å². The Morgan fingerprint density at radius 3 is 2.63 bits per heavy atom. The number of H-pyrrole nitrogens is 1. The average molecular weight is 537 g/mol. The van der Waals surface area contributed by atoms with Gasteiger partial charge in [0.05, 0.1) is 13.2 Å². The third-order valence-electron chi connectivity index (χ3n) is 6.51. The van der Waals surface area contributed by atoms with Gasteiger partial charge >= 0.3 is 0 Å². The molecule has 0 aliphatic carbocycles. The molecule has 1 aromatic heterocycles. The van der Waals surface area contributed by atoms with Crippen molar-refractivity contribution in [3.8, 4) is 11.6 Å². The summed E-state index contributed by atoms with van der Waals surface area (Å²) in [6.07, 6.45) is -5.37. The van der Waals surface area contributed by atoms with E-state index in [4.69, 9.17) is 19.9 Å². The van der Waals surface area contributed by atoms with E-state index in [-0.39, 0.29) is 17.7 Å². The molecule has 212 valence electrons. The van der Waals surface area contributed by atoms with E-state index in [2.05, 4.69) is 15.5 Å². The lowest BCUT2D eigenvalue weighted by Gasteiger charge is -2.39. The summed E-state index contributed by atoms with van der Waals surface area (Å²) in [5, 5.41) is 50.4. The molecule has 1 aliphatic heterocycles. The summed E-state index contributed by atoms with van der Waals surface area (Å²) in [7, 11) is 0. The molecular weight excluding hydrogens is 496 g/mol. The van der Waals surface area contributed by atoms with Gasteiger partial charge in [-0.3, -0.25) is 9.89 Å². The van der Waals surface area contributed by atoms with Gasteiger partial charge in [-0.25, -0.2) is 0 Å². The lowest BCUT2D eigenvalue weighted by atomic mass is 9.96. The van der Waals surface area contributed by atoms with Gasteiger partial charge in [0.1, 0.15) is 30.2 Å². The van der Waals surface area contributed by atoms with E-state index in [0.29, 0.717) is 26.0 Å². The first-order valence-electron chi connectivity index (χ1n) is 12.9. The Labute approximate surface area is 222 Å². The second-order valence-electron chi connectivity index (χ2n) is 9.82. The highest BCUT2D eigenvalue weighted by molar-refractivity contribution is 5.73. The highest BCUT2D eigenvalue weighted by Gasteiger charge is 2.45. The normalized spacial score (nSPS) is 23.5. The summed E-state index contributed by atoms with van der Waals surface area (Å²) < 4.78 is 17.2. The Kier molecular flexibility index (Phi) is 10.9. The molecule has 0 bridgehead atoms. The summed E-state index contributed by atoms with van der Waals surface area (Å²) in [6.45, 7) is 7.27. The highest BCUT2D eigenvalue weighted by Crippen LogP contribution is 2.32. The maximum absolute atomic E-state index is 10.8. The number of hydrogen-bond acceptors (Lipinski definition) is 10. The molecule has 0 saturated carbocycles. The summed E-state index contributed by atoms with van der Waals surface area (Å²) in [5.41, 5.74) is 8.78. The first kappa shape index (κ1) is 29.8. The lowest BCUT2D eigenvalue weighted by molar-refractivity contribution is -0.278. The summed E-state index contributed by atoms with van der Waals surface area (Å²) >= 11 is 0. The fraction of sp³-hybridized carbons (Fsp3) is 0.615. The number of aliphatic hydroxyl groups is 4. The zero-order valence-corrected chi connectivity index (χ0v) is 22.1. The monoisotopic (exact) mass is 536 g/mol. The molecule has 1 aromatic carbocycles. The number of carbonyl (C=O) groups excluding carboxylic acids is 1. The predicted molar refractivity (Wildman–Crippen MR) is 138 cm³/mol. The van der Waals surface area contributed by atoms with Gasteiger partial charge in [-0.2, -0.15) is 0 Å². The Bertz CT molecular complexity index is 1040. The number of aromatic nitrogens is 2. The van der Waals surface area contributed by atoms with Crippen molar-refractivity contribution in [1.29, 1.82) is 0 Å². The molecule has 5 atom stereocenters. The molecule has 12 nitrogen and oxygen atoms in total. The lowest BCUT2D eigenvalue weighted by Crippen LogP contribution is -2.60. The highest BCUT2D eigenvalue weighted by atomic mass is 16.7. The van der Waals surface area contributed by atoms with Gasteiger partial charge in [0, 0.05) is 30.6 Å². The number of rotatable bonds is 14. The third-order valence-corrected chi connectivity index (χ3v) is 6.51. The topological polar surface area (TPSA) is 192 Å². The van der Waals surface area contributed by atoms with E-state index >= 15 is 0 Å². The number of aliphatic hydroxyl groups excluding tert-OH is 4. The molecule has 0 spiro atoms. The molecule has 38 heavy (non-hydrogen) atoms. The van der Waals surface area contributed by atoms with Crippen LogP contribution in [0.4, 0.5) is 0 Å². The molecule has 2 aromatic rings. The summed E-state index contributed by atoms with van der Waals surface area (Å²) in [6, 6.07) is 5.84. The van der Waals surface area contributed by atoms with Crippen LogP contribution in [0.5, 0.6) is 11.6 Å². The van der Waals surface area contributed by atoms with Crippen LogP contribution in [-0.2, 0) is 16.0 Å². The molecule has 1 amide bonds. The fourth-order valence-corrected chi connectivity index (χ4v) is 4.25. The molecule has 1 aliphatic rings. The zero-order chi connectivity index (χ0) is 27.8. The van der Waals surface area contributed by atoms with Crippen LogP contribution in [0.2, 0.25) is 0 Å². The van der Waals surface area contributed by atoms with E-state index in [1.54, 1.807) is 0 Å².